The third-order valence-corrected chi connectivity index (χ3v) is 5.88. The highest BCUT2D eigenvalue weighted by Gasteiger charge is 2.11. The number of allylic oxidation sites excluding steroid dienone is 1. The number of benzene rings is 1. The van der Waals surface area contributed by atoms with E-state index < -0.39 is 0 Å². The largest absolute Gasteiger partial charge is 0.392 e. The fourth-order valence-corrected chi connectivity index (χ4v) is 3.92. The van der Waals surface area contributed by atoms with Crippen LogP contribution in [0.5, 0.6) is 0 Å². The van der Waals surface area contributed by atoms with Gasteiger partial charge in [-0.1, -0.05) is 18.2 Å². The van der Waals surface area contributed by atoms with Gasteiger partial charge in [0.15, 0.2) is 5.49 Å². The molecular formula is C25H33N7O2S. The molecule has 0 atom stereocenters. The number of fused-ring (bicyclic) bond motifs is 1. The van der Waals surface area contributed by atoms with Crippen molar-refractivity contribution in [2.24, 2.45) is 17.0 Å². The summed E-state index contributed by atoms with van der Waals surface area (Å²) in [6.07, 6.45) is 3.46. The van der Waals surface area contributed by atoms with Crippen LogP contribution in [0.4, 0.5) is 11.4 Å². The molecule has 0 bridgehead atoms. The van der Waals surface area contributed by atoms with Crippen LogP contribution >= 0.6 is 11.3 Å². The van der Waals surface area contributed by atoms with Gasteiger partial charge in [0.25, 0.3) is 5.56 Å². The molecule has 10 heteroatoms. The second-order valence-corrected chi connectivity index (χ2v) is 8.91. The Bertz CT molecular complexity index is 1300. The number of rotatable bonds is 8. The van der Waals surface area contributed by atoms with Gasteiger partial charge in [-0.15, -0.1) is 6.58 Å². The summed E-state index contributed by atoms with van der Waals surface area (Å²) in [7, 11) is 5.83. The molecule has 35 heavy (non-hydrogen) atoms. The number of nitrogens with zero attached hydrogens (tertiary/aromatic N) is 5. The number of thiophene rings is 1. The first-order chi connectivity index (χ1) is 16.9. The van der Waals surface area contributed by atoms with Crippen molar-refractivity contribution in [2.75, 3.05) is 44.4 Å². The predicted octanol–water partition coefficient (Wildman–Crippen LogP) is 1.47. The van der Waals surface area contributed by atoms with E-state index in [4.69, 9.17) is 0 Å². The SMILES string of the molecule is C=CCn1c(=O)c2c(n1C)=NC(Nc1ccc(NCCN(C)C)c(CO)c1)=NCC=2.c1ccsc1. The van der Waals surface area contributed by atoms with Crippen molar-refractivity contribution < 1.29 is 5.11 Å². The molecule has 3 aromatic rings. The number of aliphatic hydroxyl groups excluding tert-OH is 1. The normalized spacial score (nSPS) is 12.3. The van der Waals surface area contributed by atoms with Crippen LogP contribution in [0, 0.1) is 0 Å². The molecule has 0 fully saturated rings. The minimum absolute atomic E-state index is 0.0831. The molecule has 4 rings (SSSR count). The number of aliphatic hydroxyl groups is 1. The molecule has 1 aliphatic heterocycles. The maximum absolute atomic E-state index is 12.6. The zero-order chi connectivity index (χ0) is 25.2. The van der Waals surface area contributed by atoms with Crippen molar-refractivity contribution >= 4 is 34.7 Å². The molecule has 186 valence electrons. The molecule has 9 nitrogen and oxygen atoms in total. The lowest BCUT2D eigenvalue weighted by Gasteiger charge is -2.15. The third-order valence-electron chi connectivity index (χ3n) is 5.26. The predicted molar refractivity (Wildman–Crippen MR) is 145 cm³/mol. The third kappa shape index (κ3) is 7.01. The summed E-state index contributed by atoms with van der Waals surface area (Å²) in [6.45, 7) is 6.06. The van der Waals surface area contributed by atoms with E-state index in [9.17, 15) is 9.90 Å². The Morgan fingerprint density at radius 2 is 2.06 bits per heavy atom. The number of anilines is 2. The second-order valence-electron chi connectivity index (χ2n) is 8.10. The number of guanidine groups is 1. The summed E-state index contributed by atoms with van der Waals surface area (Å²) >= 11 is 1.71. The fourth-order valence-electron chi connectivity index (χ4n) is 3.47. The first kappa shape index (κ1) is 26.1. The summed E-state index contributed by atoms with van der Waals surface area (Å²) in [6, 6.07) is 9.74. The van der Waals surface area contributed by atoms with Crippen LogP contribution in [0.25, 0.3) is 6.08 Å². The summed E-state index contributed by atoms with van der Waals surface area (Å²) in [5.41, 5.74) is 2.88. The van der Waals surface area contributed by atoms with Crippen LogP contribution in [-0.2, 0) is 20.2 Å². The number of hydrogen-bond acceptors (Lipinski definition) is 8. The summed E-state index contributed by atoms with van der Waals surface area (Å²) in [5.74, 6) is 0.411. The van der Waals surface area contributed by atoms with E-state index in [1.54, 1.807) is 39.9 Å². The van der Waals surface area contributed by atoms with Gasteiger partial charge in [-0.05, 0) is 49.1 Å². The topological polar surface area (TPSA) is 99.2 Å². The molecule has 3 N–H and O–H groups in total. The minimum Gasteiger partial charge on any atom is -0.392 e. The van der Waals surface area contributed by atoms with Crippen molar-refractivity contribution in [3.63, 3.8) is 0 Å². The summed E-state index contributed by atoms with van der Waals surface area (Å²) < 4.78 is 3.30. The molecule has 0 unspecified atom stereocenters. The Kier molecular flexibility index (Phi) is 9.59. The number of nitrogens with one attached hydrogen (secondary N) is 2. The van der Waals surface area contributed by atoms with Gasteiger partial charge in [0, 0.05) is 37.1 Å². The van der Waals surface area contributed by atoms with Crippen LogP contribution in [0.2, 0.25) is 0 Å². The van der Waals surface area contributed by atoms with Crippen molar-refractivity contribution in [1.82, 2.24) is 14.3 Å². The molecular weight excluding hydrogens is 462 g/mol. The maximum Gasteiger partial charge on any atom is 0.276 e. The molecule has 0 saturated heterocycles. The lowest BCUT2D eigenvalue weighted by Crippen LogP contribution is -2.36. The lowest BCUT2D eigenvalue weighted by molar-refractivity contribution is 0.282. The van der Waals surface area contributed by atoms with Crippen molar-refractivity contribution in [3.8, 4) is 0 Å². The maximum atomic E-state index is 12.6. The minimum atomic E-state index is -0.108. The van der Waals surface area contributed by atoms with E-state index in [2.05, 4.69) is 32.1 Å². The molecule has 0 amide bonds. The number of aliphatic imine (C=N–C) groups is 1. The molecule has 0 saturated carbocycles. The van der Waals surface area contributed by atoms with Crippen molar-refractivity contribution in [1.29, 1.82) is 0 Å². The van der Waals surface area contributed by atoms with Crippen LogP contribution in [0.3, 0.4) is 0 Å². The molecule has 0 aliphatic carbocycles. The highest BCUT2D eigenvalue weighted by atomic mass is 32.1. The van der Waals surface area contributed by atoms with Gasteiger partial charge in [-0.25, -0.2) is 9.67 Å². The fraction of sp³-hybridized carbons (Fsp3) is 0.320. The molecule has 0 radical (unpaired) electrons. The number of hydrogen-bond donors (Lipinski definition) is 3. The molecule has 1 aromatic carbocycles. The van der Waals surface area contributed by atoms with Crippen LogP contribution < -0.4 is 26.9 Å². The van der Waals surface area contributed by atoms with Gasteiger partial charge < -0.3 is 20.6 Å². The average molecular weight is 496 g/mol. The highest BCUT2D eigenvalue weighted by molar-refractivity contribution is 7.07. The van der Waals surface area contributed by atoms with E-state index in [0.717, 1.165) is 30.0 Å². The molecule has 3 heterocycles. The highest BCUT2D eigenvalue weighted by Crippen LogP contribution is 2.21. The number of aromatic nitrogens is 2. The van der Waals surface area contributed by atoms with E-state index in [-0.39, 0.29) is 12.2 Å². The summed E-state index contributed by atoms with van der Waals surface area (Å²) in [4.78, 5) is 23.7. The molecule has 1 aliphatic rings. The van der Waals surface area contributed by atoms with Crippen LogP contribution in [0.1, 0.15) is 5.56 Å². The second kappa shape index (κ2) is 12.8. The lowest BCUT2D eigenvalue weighted by atomic mass is 10.1. The molecule has 0 spiro atoms. The Balaban J connectivity index is 0.000000607. The van der Waals surface area contributed by atoms with Gasteiger partial charge in [0.2, 0.25) is 5.96 Å². The van der Waals surface area contributed by atoms with Gasteiger partial charge in [-0.2, -0.15) is 16.3 Å². The van der Waals surface area contributed by atoms with Gasteiger partial charge in [-0.3, -0.25) is 9.48 Å². The van der Waals surface area contributed by atoms with Crippen LogP contribution in [-0.4, -0.2) is 59.1 Å². The Morgan fingerprint density at radius 1 is 1.29 bits per heavy atom. The standard InChI is InChI=1S/C21H29N7O2.C4H4S/c1-5-11-28-20(30)17-8-9-23-21(25-19(17)27(28)4)24-16-6-7-18(15(13-16)14-29)22-10-12-26(2)3;1-2-4-5-3-1/h5-8,13,22,29H,1,9-12,14H2,2-4H3,(H,23,24);1-4H. The van der Waals surface area contributed by atoms with Crippen molar-refractivity contribution in [3.05, 3.63) is 80.4 Å². The van der Waals surface area contributed by atoms with E-state index in [1.165, 1.54) is 0 Å². The Labute approximate surface area is 209 Å². The van der Waals surface area contributed by atoms with Gasteiger partial charge in [0.1, 0.15) is 0 Å². The zero-order valence-corrected chi connectivity index (χ0v) is 21.3. The van der Waals surface area contributed by atoms with Crippen LogP contribution in [0.15, 0.2) is 68.5 Å². The summed E-state index contributed by atoms with van der Waals surface area (Å²) in [5, 5.41) is 20.9. The molecule has 2 aromatic heterocycles. The van der Waals surface area contributed by atoms with E-state index >= 15 is 0 Å². The number of likely N-dealkylation sites (N-methyl/N-ethyl adjacent to an activating group) is 1. The van der Waals surface area contributed by atoms with E-state index in [0.29, 0.717) is 29.8 Å². The first-order valence-corrected chi connectivity index (χ1v) is 12.3. The van der Waals surface area contributed by atoms with Crippen molar-refractivity contribution in [2.45, 2.75) is 13.2 Å². The van der Waals surface area contributed by atoms with Gasteiger partial charge >= 0.3 is 0 Å². The quantitative estimate of drug-likeness (QED) is 0.411. The van der Waals surface area contributed by atoms with Gasteiger partial charge in [0.05, 0.1) is 24.9 Å². The van der Waals surface area contributed by atoms with E-state index in [1.807, 2.05) is 55.2 Å². The average Bonchev–Trinajstić information content (AvgIpc) is 3.43. The Hall–Kier alpha value is -3.47. The zero-order valence-electron chi connectivity index (χ0n) is 20.4. The smallest absolute Gasteiger partial charge is 0.276 e. The first-order valence-electron chi connectivity index (χ1n) is 11.3. The monoisotopic (exact) mass is 495 g/mol. The Morgan fingerprint density at radius 3 is 2.69 bits per heavy atom.